The number of amides is 1. The Labute approximate surface area is 186 Å². The molecular weight excluding hydrogens is 406 g/mol. The minimum atomic E-state index is 0.0160. The van der Waals surface area contributed by atoms with Crippen LogP contribution >= 0.6 is 11.8 Å². The number of aryl methyl sites for hydroxylation is 1. The first-order valence-electron chi connectivity index (χ1n) is 10.2. The Morgan fingerprint density at radius 1 is 1.13 bits per heavy atom. The second-order valence-corrected chi connectivity index (χ2v) is 8.08. The van der Waals surface area contributed by atoms with Crippen LogP contribution in [0, 0.1) is 0 Å². The molecule has 0 aliphatic heterocycles. The van der Waals surface area contributed by atoms with Gasteiger partial charge in [-0.2, -0.15) is 5.10 Å². The molecule has 4 aromatic rings. The molecule has 0 spiro atoms. The summed E-state index contributed by atoms with van der Waals surface area (Å²) in [5.74, 6) is 0.0160. The summed E-state index contributed by atoms with van der Waals surface area (Å²) in [6.45, 7) is 0.671. The molecule has 31 heavy (non-hydrogen) atoms. The van der Waals surface area contributed by atoms with Crippen LogP contribution in [0.15, 0.2) is 78.2 Å². The lowest BCUT2D eigenvalue weighted by atomic mass is 10.1. The molecule has 2 heterocycles. The van der Waals surface area contributed by atoms with Crippen molar-refractivity contribution in [2.45, 2.75) is 18.0 Å². The molecule has 0 atom stereocenters. The lowest BCUT2D eigenvalue weighted by Gasteiger charge is -2.17. The van der Waals surface area contributed by atoms with Gasteiger partial charge in [0.1, 0.15) is 0 Å². The van der Waals surface area contributed by atoms with E-state index in [-0.39, 0.29) is 5.91 Å². The van der Waals surface area contributed by atoms with E-state index in [4.69, 9.17) is 0 Å². The quantitative estimate of drug-likeness (QED) is 0.411. The number of benzene rings is 2. The standard InChI is InChI=1S/C24H25N5OS/c1-28(14-7-11-20-17-22(27-26-20)18-8-4-3-5-9-18)23(30)19-10-6-12-21(16-19)29-15-13-25-24(29)31-2/h3-6,8-10,12-13,15-17H,7,11,14H2,1-2H3,(H,26,27). The number of H-pyrrole nitrogens is 1. The number of carbonyl (C=O) groups is 1. The number of carbonyl (C=O) groups excluding carboxylic acids is 1. The molecular formula is C24H25N5OS. The molecule has 1 N–H and O–H groups in total. The third kappa shape index (κ3) is 4.88. The molecule has 2 aromatic carbocycles. The molecule has 2 aromatic heterocycles. The normalized spacial score (nSPS) is 10.9. The van der Waals surface area contributed by atoms with E-state index in [1.165, 1.54) is 0 Å². The number of hydrogen-bond donors (Lipinski definition) is 1. The number of imidazole rings is 1. The van der Waals surface area contributed by atoms with E-state index in [1.54, 1.807) is 22.9 Å². The fourth-order valence-corrected chi connectivity index (χ4v) is 4.03. The Morgan fingerprint density at radius 3 is 2.77 bits per heavy atom. The molecule has 0 saturated heterocycles. The zero-order valence-corrected chi connectivity index (χ0v) is 18.5. The maximum absolute atomic E-state index is 12.9. The Hall–Kier alpha value is -3.32. The monoisotopic (exact) mass is 431 g/mol. The topological polar surface area (TPSA) is 66.8 Å². The fraction of sp³-hybridized carbons (Fsp3) is 0.208. The first kappa shape index (κ1) is 20.9. The van der Waals surface area contributed by atoms with E-state index >= 15 is 0 Å². The van der Waals surface area contributed by atoms with E-state index in [2.05, 4.69) is 21.2 Å². The molecule has 7 heteroatoms. The number of aromatic nitrogens is 4. The van der Waals surface area contributed by atoms with Crippen molar-refractivity contribution in [2.24, 2.45) is 0 Å². The number of rotatable bonds is 8. The predicted molar refractivity (Wildman–Crippen MR) is 125 cm³/mol. The average Bonchev–Trinajstić information content (AvgIpc) is 3.49. The van der Waals surface area contributed by atoms with E-state index in [1.807, 2.05) is 78.7 Å². The third-order valence-corrected chi connectivity index (χ3v) is 5.81. The molecule has 6 nitrogen and oxygen atoms in total. The number of nitrogens with zero attached hydrogens (tertiary/aromatic N) is 4. The highest BCUT2D eigenvalue weighted by atomic mass is 32.2. The maximum Gasteiger partial charge on any atom is 0.253 e. The SMILES string of the molecule is CSc1nccn1-c1cccc(C(=O)N(C)CCCc2cc(-c3ccccc3)n[nH]2)c1. The van der Waals surface area contributed by atoms with Gasteiger partial charge in [0.15, 0.2) is 5.16 Å². The minimum absolute atomic E-state index is 0.0160. The van der Waals surface area contributed by atoms with Gasteiger partial charge in [-0.3, -0.25) is 14.5 Å². The average molecular weight is 432 g/mol. The van der Waals surface area contributed by atoms with Gasteiger partial charge in [-0.25, -0.2) is 4.98 Å². The second kappa shape index (κ2) is 9.66. The first-order chi connectivity index (χ1) is 15.2. The summed E-state index contributed by atoms with van der Waals surface area (Å²) in [4.78, 5) is 19.0. The summed E-state index contributed by atoms with van der Waals surface area (Å²) in [6.07, 6.45) is 7.36. The first-order valence-corrected chi connectivity index (χ1v) is 11.4. The van der Waals surface area contributed by atoms with Gasteiger partial charge in [-0.05, 0) is 43.4 Å². The molecule has 0 radical (unpaired) electrons. The van der Waals surface area contributed by atoms with Crippen molar-refractivity contribution in [2.75, 3.05) is 19.8 Å². The van der Waals surface area contributed by atoms with Crippen molar-refractivity contribution in [3.8, 4) is 16.9 Å². The van der Waals surface area contributed by atoms with E-state index < -0.39 is 0 Å². The van der Waals surface area contributed by atoms with Crippen LogP contribution < -0.4 is 0 Å². The van der Waals surface area contributed by atoms with Gasteiger partial charge in [-0.15, -0.1) is 0 Å². The highest BCUT2D eigenvalue weighted by molar-refractivity contribution is 7.98. The van der Waals surface area contributed by atoms with Gasteiger partial charge >= 0.3 is 0 Å². The number of aromatic amines is 1. The molecule has 1 amide bonds. The van der Waals surface area contributed by atoms with Crippen molar-refractivity contribution in [3.63, 3.8) is 0 Å². The third-order valence-electron chi connectivity index (χ3n) is 5.15. The maximum atomic E-state index is 12.9. The molecule has 158 valence electrons. The van der Waals surface area contributed by atoms with E-state index in [0.29, 0.717) is 12.1 Å². The summed E-state index contributed by atoms with van der Waals surface area (Å²) in [5, 5.41) is 8.40. The van der Waals surface area contributed by atoms with Crippen LogP contribution in [0.25, 0.3) is 16.9 Å². The Bertz CT molecular complexity index is 1150. The molecule has 0 aliphatic carbocycles. The van der Waals surface area contributed by atoms with Crippen LogP contribution in [-0.4, -0.2) is 50.4 Å². The summed E-state index contributed by atoms with van der Waals surface area (Å²) < 4.78 is 1.99. The highest BCUT2D eigenvalue weighted by Crippen LogP contribution is 2.20. The summed E-state index contributed by atoms with van der Waals surface area (Å²) in [7, 11) is 1.85. The van der Waals surface area contributed by atoms with Crippen LogP contribution in [0.4, 0.5) is 0 Å². The number of hydrogen-bond acceptors (Lipinski definition) is 4. The van der Waals surface area contributed by atoms with Gasteiger partial charge < -0.3 is 4.90 Å². The number of thioether (sulfide) groups is 1. The summed E-state index contributed by atoms with van der Waals surface area (Å²) in [5.41, 5.74) is 4.73. The van der Waals surface area contributed by atoms with E-state index in [9.17, 15) is 4.79 Å². The van der Waals surface area contributed by atoms with Crippen molar-refractivity contribution < 1.29 is 4.79 Å². The molecule has 0 unspecified atom stereocenters. The van der Waals surface area contributed by atoms with Crippen LogP contribution in [0.3, 0.4) is 0 Å². The molecule has 4 rings (SSSR count). The van der Waals surface area contributed by atoms with Gasteiger partial charge in [0.05, 0.1) is 5.69 Å². The van der Waals surface area contributed by atoms with Gasteiger partial charge in [-0.1, -0.05) is 48.2 Å². The fourth-order valence-electron chi connectivity index (χ4n) is 3.50. The van der Waals surface area contributed by atoms with Crippen LogP contribution in [0.2, 0.25) is 0 Å². The van der Waals surface area contributed by atoms with Crippen molar-refractivity contribution in [1.82, 2.24) is 24.6 Å². The zero-order valence-electron chi connectivity index (χ0n) is 17.7. The summed E-state index contributed by atoms with van der Waals surface area (Å²) in [6, 6.07) is 19.9. The molecule has 0 aliphatic rings. The highest BCUT2D eigenvalue weighted by Gasteiger charge is 2.13. The lowest BCUT2D eigenvalue weighted by Crippen LogP contribution is -2.28. The Morgan fingerprint density at radius 2 is 1.97 bits per heavy atom. The van der Waals surface area contributed by atoms with Crippen molar-refractivity contribution in [3.05, 3.63) is 84.3 Å². The van der Waals surface area contributed by atoms with Crippen LogP contribution in [0.5, 0.6) is 0 Å². The van der Waals surface area contributed by atoms with Crippen LogP contribution in [-0.2, 0) is 6.42 Å². The smallest absolute Gasteiger partial charge is 0.253 e. The van der Waals surface area contributed by atoms with Crippen molar-refractivity contribution in [1.29, 1.82) is 0 Å². The van der Waals surface area contributed by atoms with Crippen LogP contribution in [0.1, 0.15) is 22.5 Å². The van der Waals surface area contributed by atoms with Gasteiger partial charge in [0, 0.05) is 48.5 Å². The molecule has 0 saturated carbocycles. The van der Waals surface area contributed by atoms with E-state index in [0.717, 1.165) is 40.6 Å². The second-order valence-electron chi connectivity index (χ2n) is 7.31. The molecule has 0 bridgehead atoms. The zero-order chi connectivity index (χ0) is 21.6. The largest absolute Gasteiger partial charge is 0.342 e. The predicted octanol–water partition coefficient (Wildman–Crippen LogP) is 4.69. The lowest BCUT2D eigenvalue weighted by molar-refractivity contribution is 0.0793. The van der Waals surface area contributed by atoms with Gasteiger partial charge in [0.25, 0.3) is 5.91 Å². The number of nitrogens with one attached hydrogen (secondary N) is 1. The molecule has 0 fully saturated rings. The van der Waals surface area contributed by atoms with Crippen molar-refractivity contribution >= 4 is 17.7 Å². The Balaban J connectivity index is 1.35. The van der Waals surface area contributed by atoms with Gasteiger partial charge in [0.2, 0.25) is 0 Å². The summed E-state index contributed by atoms with van der Waals surface area (Å²) >= 11 is 1.58. The Kier molecular flexibility index (Phi) is 6.52. The minimum Gasteiger partial charge on any atom is -0.342 e.